The minimum Gasteiger partial charge on any atom is -0.298 e. The molecule has 0 amide bonds. The van der Waals surface area contributed by atoms with E-state index in [0.717, 1.165) is 13.1 Å². The first kappa shape index (κ1) is 11.2. The molecule has 0 aromatic carbocycles. The zero-order chi connectivity index (χ0) is 10.4. The van der Waals surface area contributed by atoms with Crippen molar-refractivity contribution in [3.8, 4) is 0 Å². The van der Waals surface area contributed by atoms with Crippen LogP contribution in [0.5, 0.6) is 0 Å². The van der Waals surface area contributed by atoms with Crippen LogP contribution in [0.15, 0.2) is 18.5 Å². The van der Waals surface area contributed by atoms with Gasteiger partial charge in [0.25, 0.3) is 0 Å². The molecule has 78 valence electrons. The number of rotatable bonds is 1. The van der Waals surface area contributed by atoms with E-state index in [-0.39, 0.29) is 0 Å². The van der Waals surface area contributed by atoms with Gasteiger partial charge in [-0.05, 0) is 24.2 Å². The van der Waals surface area contributed by atoms with Crippen LogP contribution in [-0.4, -0.2) is 16.9 Å². The first-order valence-corrected chi connectivity index (χ1v) is 5.38. The second kappa shape index (κ2) is 5.76. The number of aromatic nitrogens is 1. The predicted octanol–water partition coefficient (Wildman–Crippen LogP) is 2.83. The van der Waals surface area contributed by atoms with Crippen molar-refractivity contribution in [1.82, 2.24) is 9.88 Å². The highest BCUT2D eigenvalue weighted by atomic mass is 15.1. The first-order chi connectivity index (χ1) is 6.77. The van der Waals surface area contributed by atoms with Crippen LogP contribution in [0.3, 0.4) is 0 Å². The second-order valence-corrected chi connectivity index (χ2v) is 3.82. The highest BCUT2D eigenvalue weighted by molar-refractivity contribution is 5.26. The Morgan fingerprint density at radius 2 is 1.86 bits per heavy atom. The third-order valence-corrected chi connectivity index (χ3v) is 2.39. The van der Waals surface area contributed by atoms with E-state index >= 15 is 0 Å². The van der Waals surface area contributed by atoms with E-state index in [1.54, 1.807) is 0 Å². The monoisotopic (exact) mass is 192 g/mol. The lowest BCUT2D eigenvalue weighted by Gasteiger charge is -2.02. The third kappa shape index (κ3) is 3.11. The summed E-state index contributed by atoms with van der Waals surface area (Å²) in [4.78, 5) is 6.35. The lowest BCUT2D eigenvalue weighted by atomic mass is 10.2. The van der Waals surface area contributed by atoms with E-state index in [2.05, 4.69) is 36.8 Å². The Labute approximate surface area is 87.0 Å². The molecule has 1 aliphatic rings. The average molecular weight is 192 g/mol. The summed E-state index contributed by atoms with van der Waals surface area (Å²) in [6.45, 7) is 6.50. The topological polar surface area (TPSA) is 16.1 Å². The number of hydrogen-bond donors (Lipinski definition) is 0. The molecule has 0 fully saturated rings. The average Bonchev–Trinajstić information content (AvgIpc) is 2.58. The molecule has 0 bridgehead atoms. The Bertz CT molecular complexity index is 244. The SMILES string of the molecule is CCCC.CN1Cc2ccncc2C1. The molecule has 0 saturated heterocycles. The lowest BCUT2D eigenvalue weighted by molar-refractivity contribution is 0.353. The van der Waals surface area contributed by atoms with Crippen molar-refractivity contribution in [2.75, 3.05) is 7.05 Å². The number of fused-ring (bicyclic) bond motifs is 1. The number of nitrogens with zero attached hydrogens (tertiary/aromatic N) is 2. The molecule has 0 radical (unpaired) electrons. The third-order valence-electron chi connectivity index (χ3n) is 2.39. The number of pyridine rings is 1. The van der Waals surface area contributed by atoms with Gasteiger partial charge < -0.3 is 0 Å². The number of unbranched alkanes of at least 4 members (excludes halogenated alkanes) is 1. The summed E-state index contributed by atoms with van der Waals surface area (Å²) in [6.07, 6.45) is 6.46. The van der Waals surface area contributed by atoms with Crippen molar-refractivity contribution in [3.63, 3.8) is 0 Å². The summed E-state index contributed by atoms with van der Waals surface area (Å²) < 4.78 is 0. The van der Waals surface area contributed by atoms with E-state index in [4.69, 9.17) is 0 Å². The highest BCUT2D eigenvalue weighted by Crippen LogP contribution is 2.18. The van der Waals surface area contributed by atoms with Crippen LogP contribution in [0.2, 0.25) is 0 Å². The first-order valence-electron chi connectivity index (χ1n) is 5.38. The van der Waals surface area contributed by atoms with Gasteiger partial charge in [0, 0.05) is 25.5 Å². The maximum absolute atomic E-state index is 4.06. The van der Waals surface area contributed by atoms with E-state index in [1.807, 2.05) is 12.4 Å². The Morgan fingerprint density at radius 3 is 2.43 bits per heavy atom. The predicted molar refractivity (Wildman–Crippen MR) is 60.0 cm³/mol. The molecule has 2 heterocycles. The van der Waals surface area contributed by atoms with E-state index < -0.39 is 0 Å². The van der Waals surface area contributed by atoms with Gasteiger partial charge in [-0.2, -0.15) is 0 Å². The summed E-state index contributed by atoms with van der Waals surface area (Å²) in [7, 11) is 2.12. The van der Waals surface area contributed by atoms with Crippen LogP contribution in [-0.2, 0) is 13.1 Å². The van der Waals surface area contributed by atoms with Crippen LogP contribution in [0, 0.1) is 0 Å². The van der Waals surface area contributed by atoms with Gasteiger partial charge in [-0.3, -0.25) is 9.88 Å². The van der Waals surface area contributed by atoms with Crippen LogP contribution in [0.25, 0.3) is 0 Å². The Kier molecular flexibility index (Phi) is 4.60. The van der Waals surface area contributed by atoms with Crippen molar-refractivity contribution < 1.29 is 0 Å². The van der Waals surface area contributed by atoms with Crippen molar-refractivity contribution in [3.05, 3.63) is 29.6 Å². The minimum absolute atomic E-state index is 1.06. The molecule has 0 saturated carbocycles. The van der Waals surface area contributed by atoms with E-state index in [1.165, 1.54) is 24.0 Å². The molecule has 1 aliphatic heterocycles. The van der Waals surface area contributed by atoms with Crippen LogP contribution in [0.4, 0.5) is 0 Å². The normalized spacial score (nSPS) is 14.5. The van der Waals surface area contributed by atoms with Crippen molar-refractivity contribution >= 4 is 0 Å². The van der Waals surface area contributed by atoms with E-state index in [9.17, 15) is 0 Å². The summed E-state index contributed by atoms with van der Waals surface area (Å²) in [5.74, 6) is 0. The molecule has 0 unspecified atom stereocenters. The molecular formula is C12H20N2. The lowest BCUT2D eigenvalue weighted by Crippen LogP contribution is -2.07. The summed E-state index contributed by atoms with van der Waals surface area (Å²) in [5.41, 5.74) is 2.81. The molecular weight excluding hydrogens is 172 g/mol. The zero-order valence-corrected chi connectivity index (χ0v) is 9.45. The van der Waals surface area contributed by atoms with Crippen molar-refractivity contribution in [2.24, 2.45) is 0 Å². The molecule has 0 spiro atoms. The largest absolute Gasteiger partial charge is 0.298 e. The molecule has 2 rings (SSSR count). The molecule has 0 aliphatic carbocycles. The Balaban J connectivity index is 0.000000213. The fourth-order valence-electron chi connectivity index (χ4n) is 1.39. The molecule has 0 atom stereocenters. The van der Waals surface area contributed by atoms with Gasteiger partial charge in [0.1, 0.15) is 0 Å². The fraction of sp³-hybridized carbons (Fsp3) is 0.583. The van der Waals surface area contributed by atoms with Gasteiger partial charge >= 0.3 is 0 Å². The quantitative estimate of drug-likeness (QED) is 0.680. The van der Waals surface area contributed by atoms with Gasteiger partial charge in [0.05, 0.1) is 0 Å². The summed E-state index contributed by atoms with van der Waals surface area (Å²) in [6, 6.07) is 2.10. The second-order valence-electron chi connectivity index (χ2n) is 3.82. The fourth-order valence-corrected chi connectivity index (χ4v) is 1.39. The maximum atomic E-state index is 4.06. The minimum atomic E-state index is 1.06. The van der Waals surface area contributed by atoms with Gasteiger partial charge in [-0.1, -0.05) is 26.7 Å². The van der Waals surface area contributed by atoms with Crippen molar-refractivity contribution in [2.45, 2.75) is 39.8 Å². The van der Waals surface area contributed by atoms with Gasteiger partial charge in [0.2, 0.25) is 0 Å². The molecule has 1 aromatic rings. The summed E-state index contributed by atoms with van der Waals surface area (Å²) in [5, 5.41) is 0. The highest BCUT2D eigenvalue weighted by Gasteiger charge is 2.13. The zero-order valence-electron chi connectivity index (χ0n) is 9.45. The number of hydrogen-bond acceptors (Lipinski definition) is 2. The molecule has 0 N–H and O–H groups in total. The van der Waals surface area contributed by atoms with Crippen LogP contribution < -0.4 is 0 Å². The molecule has 14 heavy (non-hydrogen) atoms. The smallest absolute Gasteiger partial charge is 0.0316 e. The van der Waals surface area contributed by atoms with Crippen molar-refractivity contribution in [1.29, 1.82) is 0 Å². The van der Waals surface area contributed by atoms with Crippen LogP contribution in [0.1, 0.15) is 37.8 Å². The van der Waals surface area contributed by atoms with Gasteiger partial charge in [-0.15, -0.1) is 0 Å². The Morgan fingerprint density at radius 1 is 1.21 bits per heavy atom. The maximum Gasteiger partial charge on any atom is 0.0316 e. The summed E-state index contributed by atoms with van der Waals surface area (Å²) >= 11 is 0. The standard InChI is InChI=1S/C8H10N2.C4H10/c1-10-5-7-2-3-9-4-8(7)6-10;1-3-4-2/h2-4H,5-6H2,1H3;3-4H2,1-2H3. The molecule has 1 aromatic heterocycles. The van der Waals surface area contributed by atoms with Gasteiger partial charge in [0.15, 0.2) is 0 Å². The van der Waals surface area contributed by atoms with Crippen LogP contribution >= 0.6 is 0 Å². The molecule has 2 nitrogen and oxygen atoms in total. The molecule has 2 heteroatoms. The van der Waals surface area contributed by atoms with E-state index in [0.29, 0.717) is 0 Å². The van der Waals surface area contributed by atoms with Gasteiger partial charge in [-0.25, -0.2) is 0 Å². The Hall–Kier alpha value is -0.890.